The fourth-order valence-corrected chi connectivity index (χ4v) is 3.34. The van der Waals surface area contributed by atoms with Crippen LogP contribution in [0.4, 0.5) is 5.95 Å². The second-order valence-corrected chi connectivity index (χ2v) is 7.42. The minimum Gasteiger partial charge on any atom is -0.340 e. The lowest BCUT2D eigenvalue weighted by atomic mass is 10.2. The van der Waals surface area contributed by atoms with Gasteiger partial charge in [0.2, 0.25) is 5.95 Å². The van der Waals surface area contributed by atoms with Crippen LogP contribution in [-0.4, -0.2) is 72.0 Å². The molecule has 6 heteroatoms. The maximum Gasteiger partial charge on any atom is 0.272 e. The van der Waals surface area contributed by atoms with E-state index in [1.807, 2.05) is 13.1 Å². The van der Waals surface area contributed by atoms with E-state index in [2.05, 4.69) is 63.1 Å². The molecule has 0 N–H and O–H groups in total. The fourth-order valence-electron chi connectivity index (χ4n) is 3.34. The van der Waals surface area contributed by atoms with Gasteiger partial charge in [-0.15, -0.1) is 0 Å². The molecule has 0 aliphatic carbocycles. The van der Waals surface area contributed by atoms with Gasteiger partial charge in [-0.05, 0) is 18.1 Å². The van der Waals surface area contributed by atoms with Crippen molar-refractivity contribution < 1.29 is 4.79 Å². The van der Waals surface area contributed by atoms with Gasteiger partial charge in [-0.25, -0.2) is 9.97 Å². The molecule has 2 heterocycles. The molecule has 0 radical (unpaired) electrons. The summed E-state index contributed by atoms with van der Waals surface area (Å²) < 4.78 is 0. The first-order chi connectivity index (χ1) is 14.2. The molecule has 154 valence electrons. The van der Waals surface area contributed by atoms with Gasteiger partial charge >= 0.3 is 0 Å². The third-order valence-electron chi connectivity index (χ3n) is 5.18. The van der Waals surface area contributed by atoms with Crippen LogP contribution in [0.1, 0.15) is 35.8 Å². The number of aromatic nitrogens is 2. The maximum atomic E-state index is 12.6. The van der Waals surface area contributed by atoms with Gasteiger partial charge in [0.05, 0.1) is 0 Å². The van der Waals surface area contributed by atoms with Crippen LogP contribution in [-0.2, 0) is 0 Å². The first-order valence-electron chi connectivity index (χ1n) is 10.4. The Kier molecular flexibility index (Phi) is 7.76. The number of carbonyl (C=O) groups is 1. The Morgan fingerprint density at radius 1 is 1.14 bits per heavy atom. The predicted molar refractivity (Wildman–Crippen MR) is 118 cm³/mol. The van der Waals surface area contributed by atoms with Gasteiger partial charge in [-0.2, -0.15) is 0 Å². The fraction of sp³-hybridized carbons (Fsp3) is 0.435. The topological polar surface area (TPSA) is 52.6 Å². The third kappa shape index (κ3) is 6.12. The van der Waals surface area contributed by atoms with E-state index in [0.717, 1.165) is 52.1 Å². The molecule has 1 aromatic carbocycles. The zero-order chi connectivity index (χ0) is 20.5. The average molecular weight is 394 g/mol. The summed E-state index contributed by atoms with van der Waals surface area (Å²) in [6.07, 6.45) is 8.14. The molecule has 6 nitrogen and oxygen atoms in total. The van der Waals surface area contributed by atoms with Crippen LogP contribution in [0.25, 0.3) is 6.08 Å². The van der Waals surface area contributed by atoms with Crippen molar-refractivity contribution in [2.24, 2.45) is 0 Å². The van der Waals surface area contributed by atoms with Crippen molar-refractivity contribution in [1.29, 1.82) is 0 Å². The Labute approximate surface area is 173 Å². The summed E-state index contributed by atoms with van der Waals surface area (Å²) in [4.78, 5) is 27.9. The number of benzene rings is 1. The normalized spacial score (nSPS) is 15.0. The smallest absolute Gasteiger partial charge is 0.272 e. The highest BCUT2D eigenvalue weighted by Crippen LogP contribution is 2.13. The lowest BCUT2D eigenvalue weighted by Crippen LogP contribution is -2.47. The Bertz CT molecular complexity index is 800. The number of hydrogen-bond acceptors (Lipinski definition) is 5. The van der Waals surface area contributed by atoms with E-state index in [-0.39, 0.29) is 5.91 Å². The molecule has 0 saturated carbocycles. The number of amides is 1. The van der Waals surface area contributed by atoms with Gasteiger partial charge < -0.3 is 9.80 Å². The SMILES string of the molecule is CCCCN(C)C(=O)c1ccnc(N2CCN(C/C=C/c3ccccc3)CC2)n1. The number of hydrogen-bond donors (Lipinski definition) is 0. The van der Waals surface area contributed by atoms with Gasteiger partial charge in [-0.3, -0.25) is 9.69 Å². The molecule has 3 rings (SSSR count). The summed E-state index contributed by atoms with van der Waals surface area (Å²) in [6, 6.07) is 12.1. The molecule has 1 saturated heterocycles. The van der Waals surface area contributed by atoms with Crippen molar-refractivity contribution in [2.45, 2.75) is 19.8 Å². The summed E-state index contributed by atoms with van der Waals surface area (Å²) in [5.74, 6) is 0.617. The van der Waals surface area contributed by atoms with Crippen molar-refractivity contribution in [3.63, 3.8) is 0 Å². The molecule has 0 spiro atoms. The molecular formula is C23H31N5O. The monoisotopic (exact) mass is 393 g/mol. The van der Waals surface area contributed by atoms with Gasteiger partial charge in [0.25, 0.3) is 5.91 Å². The molecule has 1 amide bonds. The largest absolute Gasteiger partial charge is 0.340 e. The number of unbranched alkanes of at least 4 members (excludes halogenated alkanes) is 1. The van der Waals surface area contributed by atoms with Crippen LogP contribution in [0.15, 0.2) is 48.7 Å². The van der Waals surface area contributed by atoms with Crippen LogP contribution in [0.2, 0.25) is 0 Å². The Hall–Kier alpha value is -2.73. The van der Waals surface area contributed by atoms with E-state index in [9.17, 15) is 4.79 Å². The summed E-state index contributed by atoms with van der Waals surface area (Å²) in [7, 11) is 1.83. The van der Waals surface area contributed by atoms with E-state index in [0.29, 0.717) is 11.6 Å². The van der Waals surface area contributed by atoms with Gasteiger partial charge in [0, 0.05) is 52.5 Å². The molecule has 1 fully saturated rings. The van der Waals surface area contributed by atoms with E-state index >= 15 is 0 Å². The Morgan fingerprint density at radius 3 is 2.62 bits per heavy atom. The lowest BCUT2D eigenvalue weighted by Gasteiger charge is -2.34. The number of nitrogens with zero attached hydrogens (tertiary/aromatic N) is 5. The standard InChI is InChI=1S/C23H31N5O/c1-3-4-14-26(2)22(29)21-12-13-24-23(25-21)28-18-16-27(17-19-28)15-8-11-20-9-6-5-7-10-20/h5-13H,3-4,14-19H2,1-2H3/b11-8+. The predicted octanol–water partition coefficient (Wildman–Crippen LogP) is 3.18. The van der Waals surface area contributed by atoms with E-state index in [4.69, 9.17) is 0 Å². The molecule has 0 bridgehead atoms. The molecule has 1 aliphatic heterocycles. The second-order valence-electron chi connectivity index (χ2n) is 7.42. The van der Waals surface area contributed by atoms with Gasteiger partial charge in [-0.1, -0.05) is 55.8 Å². The average Bonchev–Trinajstić information content (AvgIpc) is 2.78. The van der Waals surface area contributed by atoms with Crippen molar-refractivity contribution in [1.82, 2.24) is 19.8 Å². The first-order valence-corrected chi connectivity index (χ1v) is 10.4. The summed E-state index contributed by atoms with van der Waals surface area (Å²) >= 11 is 0. The van der Waals surface area contributed by atoms with Crippen LogP contribution in [0.3, 0.4) is 0 Å². The Balaban J connectivity index is 1.51. The van der Waals surface area contributed by atoms with E-state index in [1.165, 1.54) is 5.56 Å². The number of piperazine rings is 1. The minimum absolute atomic E-state index is 0.0354. The lowest BCUT2D eigenvalue weighted by molar-refractivity contribution is 0.0787. The quantitative estimate of drug-likeness (QED) is 0.689. The molecule has 0 unspecified atom stereocenters. The van der Waals surface area contributed by atoms with Crippen molar-refractivity contribution in [2.75, 3.05) is 51.2 Å². The summed E-state index contributed by atoms with van der Waals surface area (Å²) in [5.41, 5.74) is 1.70. The van der Waals surface area contributed by atoms with Gasteiger partial charge in [0.1, 0.15) is 5.69 Å². The number of anilines is 1. The number of carbonyl (C=O) groups excluding carboxylic acids is 1. The summed E-state index contributed by atoms with van der Waals surface area (Å²) in [5, 5.41) is 0. The van der Waals surface area contributed by atoms with Crippen LogP contribution in [0, 0.1) is 0 Å². The number of rotatable bonds is 8. The van der Waals surface area contributed by atoms with Crippen molar-refractivity contribution in [3.05, 3.63) is 59.9 Å². The molecule has 1 aliphatic rings. The highest BCUT2D eigenvalue weighted by Gasteiger charge is 2.20. The van der Waals surface area contributed by atoms with E-state index < -0.39 is 0 Å². The molecular weight excluding hydrogens is 362 g/mol. The third-order valence-corrected chi connectivity index (χ3v) is 5.18. The van der Waals surface area contributed by atoms with Crippen molar-refractivity contribution in [3.8, 4) is 0 Å². The second kappa shape index (κ2) is 10.7. The molecule has 29 heavy (non-hydrogen) atoms. The van der Waals surface area contributed by atoms with Crippen LogP contribution < -0.4 is 4.90 Å². The van der Waals surface area contributed by atoms with Crippen LogP contribution in [0.5, 0.6) is 0 Å². The van der Waals surface area contributed by atoms with Crippen LogP contribution >= 0.6 is 0 Å². The van der Waals surface area contributed by atoms with E-state index in [1.54, 1.807) is 17.2 Å². The van der Waals surface area contributed by atoms with Gasteiger partial charge in [0.15, 0.2) is 0 Å². The zero-order valence-electron chi connectivity index (χ0n) is 17.5. The van der Waals surface area contributed by atoms with Crippen molar-refractivity contribution >= 4 is 17.9 Å². The Morgan fingerprint density at radius 2 is 1.90 bits per heavy atom. The zero-order valence-corrected chi connectivity index (χ0v) is 17.5. The molecule has 1 aromatic heterocycles. The highest BCUT2D eigenvalue weighted by molar-refractivity contribution is 5.92. The molecule has 0 atom stereocenters. The first kappa shape index (κ1) is 21.0. The summed E-state index contributed by atoms with van der Waals surface area (Å²) in [6.45, 7) is 7.45. The maximum absolute atomic E-state index is 12.6. The molecule has 2 aromatic rings. The highest BCUT2D eigenvalue weighted by atomic mass is 16.2. The minimum atomic E-state index is -0.0354.